The summed E-state index contributed by atoms with van der Waals surface area (Å²) < 4.78 is 23.6. The number of nitrogens with one attached hydrogen (secondary N) is 1. The molecule has 0 bridgehead atoms. The molecule has 1 saturated heterocycles. The van der Waals surface area contributed by atoms with Crippen LogP contribution in [0.25, 0.3) is 0 Å². The Hall–Kier alpha value is -1.66. The number of benzene rings is 1. The fourth-order valence-corrected chi connectivity index (χ4v) is 2.19. The van der Waals surface area contributed by atoms with Crippen LogP contribution in [0.5, 0.6) is 5.75 Å². The average molecular weight is 296 g/mol. The Morgan fingerprint density at radius 3 is 2.81 bits per heavy atom. The van der Waals surface area contributed by atoms with E-state index in [9.17, 15) is 9.18 Å². The van der Waals surface area contributed by atoms with Gasteiger partial charge in [0.25, 0.3) is 0 Å². The lowest BCUT2D eigenvalue weighted by Gasteiger charge is -2.12. The number of carbonyl (C=O) groups excluding carboxylic acids is 1. The van der Waals surface area contributed by atoms with E-state index >= 15 is 0 Å². The van der Waals surface area contributed by atoms with Crippen molar-refractivity contribution in [3.8, 4) is 5.75 Å². The molecular weight excluding hydrogens is 275 g/mol. The maximum absolute atomic E-state index is 12.7. The third kappa shape index (κ3) is 4.99. The third-order valence-electron chi connectivity index (χ3n) is 3.37. The fraction of sp³-hybridized carbons (Fsp3) is 0.533. The smallest absolute Gasteiger partial charge is 0.249 e. The van der Waals surface area contributed by atoms with E-state index < -0.39 is 0 Å². The van der Waals surface area contributed by atoms with Gasteiger partial charge in [0.05, 0.1) is 12.7 Å². The van der Waals surface area contributed by atoms with Gasteiger partial charge >= 0.3 is 0 Å². The van der Waals surface area contributed by atoms with Crippen molar-refractivity contribution < 1.29 is 18.7 Å². The van der Waals surface area contributed by atoms with Gasteiger partial charge < -0.3 is 20.5 Å². The van der Waals surface area contributed by atoms with Gasteiger partial charge in [-0.3, -0.25) is 4.79 Å². The summed E-state index contributed by atoms with van der Waals surface area (Å²) in [6.07, 6.45) is 1.86. The molecule has 0 radical (unpaired) electrons. The molecule has 1 heterocycles. The number of nitrogens with two attached hydrogens (primary N) is 1. The Morgan fingerprint density at radius 2 is 2.14 bits per heavy atom. The van der Waals surface area contributed by atoms with Gasteiger partial charge in [-0.1, -0.05) is 0 Å². The van der Waals surface area contributed by atoms with Gasteiger partial charge in [0.15, 0.2) is 0 Å². The molecule has 5 nitrogen and oxygen atoms in total. The fourth-order valence-electron chi connectivity index (χ4n) is 2.19. The van der Waals surface area contributed by atoms with Crippen LogP contribution in [0.3, 0.4) is 0 Å². The van der Waals surface area contributed by atoms with Crippen LogP contribution in [0, 0.1) is 5.82 Å². The van der Waals surface area contributed by atoms with Crippen LogP contribution in [-0.4, -0.2) is 37.8 Å². The lowest BCUT2D eigenvalue weighted by molar-refractivity contribution is -0.131. The molecule has 0 unspecified atom stereocenters. The van der Waals surface area contributed by atoms with Crippen molar-refractivity contribution in [3.63, 3.8) is 0 Å². The van der Waals surface area contributed by atoms with Crippen LogP contribution >= 0.6 is 0 Å². The van der Waals surface area contributed by atoms with E-state index in [4.69, 9.17) is 15.2 Å². The van der Waals surface area contributed by atoms with Gasteiger partial charge in [-0.2, -0.15) is 0 Å². The minimum Gasteiger partial charge on any atom is -0.494 e. The molecule has 0 saturated carbocycles. The van der Waals surface area contributed by atoms with E-state index in [-0.39, 0.29) is 23.9 Å². The zero-order valence-corrected chi connectivity index (χ0v) is 11.9. The minimum atomic E-state index is -0.378. The van der Waals surface area contributed by atoms with Gasteiger partial charge in [0.2, 0.25) is 5.91 Å². The summed E-state index contributed by atoms with van der Waals surface area (Å²) in [5, 5.41) is 2.82. The van der Waals surface area contributed by atoms with E-state index in [1.807, 2.05) is 0 Å². The number of ether oxygens (including phenoxy) is 2. The molecule has 1 fully saturated rings. The molecule has 116 valence electrons. The van der Waals surface area contributed by atoms with Crippen LogP contribution in [0.15, 0.2) is 24.3 Å². The number of hydrogen-bond acceptors (Lipinski definition) is 4. The van der Waals surface area contributed by atoms with Crippen molar-refractivity contribution in [1.29, 1.82) is 0 Å². The van der Waals surface area contributed by atoms with Crippen LogP contribution in [0.4, 0.5) is 4.39 Å². The number of carbonyl (C=O) groups is 1. The average Bonchev–Trinajstić information content (AvgIpc) is 2.98. The Morgan fingerprint density at radius 1 is 1.38 bits per heavy atom. The molecular formula is C15H21FN2O3. The predicted octanol–water partition coefficient (Wildman–Crippen LogP) is 1.22. The Bertz CT molecular complexity index is 453. The molecule has 0 aromatic heterocycles. The first-order valence-corrected chi connectivity index (χ1v) is 7.20. The van der Waals surface area contributed by atoms with Crippen LogP contribution in [0.1, 0.15) is 19.3 Å². The summed E-state index contributed by atoms with van der Waals surface area (Å²) in [7, 11) is 0. The second-order valence-corrected chi connectivity index (χ2v) is 5.01. The normalized spacial score (nSPS) is 21.2. The number of hydrogen-bond donors (Lipinski definition) is 2. The zero-order chi connectivity index (χ0) is 15.1. The predicted molar refractivity (Wildman–Crippen MR) is 76.5 cm³/mol. The summed E-state index contributed by atoms with van der Waals surface area (Å²) in [5.74, 6) is 0.238. The first kappa shape index (κ1) is 15.7. The van der Waals surface area contributed by atoms with Crippen molar-refractivity contribution in [3.05, 3.63) is 30.1 Å². The van der Waals surface area contributed by atoms with Crippen LogP contribution in [-0.2, 0) is 9.53 Å². The van der Waals surface area contributed by atoms with Gasteiger partial charge in [-0.05, 0) is 43.5 Å². The maximum atomic E-state index is 12.7. The van der Waals surface area contributed by atoms with Gasteiger partial charge in [0.1, 0.15) is 17.7 Å². The molecule has 6 heteroatoms. The second-order valence-electron chi connectivity index (χ2n) is 5.01. The highest BCUT2D eigenvalue weighted by Crippen LogP contribution is 2.18. The van der Waals surface area contributed by atoms with Gasteiger partial charge in [-0.25, -0.2) is 4.39 Å². The largest absolute Gasteiger partial charge is 0.494 e. The van der Waals surface area contributed by atoms with Crippen molar-refractivity contribution in [1.82, 2.24) is 5.32 Å². The molecule has 2 atom stereocenters. The Labute approximate surface area is 123 Å². The summed E-state index contributed by atoms with van der Waals surface area (Å²) >= 11 is 0. The number of amides is 1. The van der Waals surface area contributed by atoms with Gasteiger partial charge in [-0.15, -0.1) is 0 Å². The standard InChI is InChI=1S/C15H21FN2O3/c16-11-2-4-12(5-3-11)20-9-1-8-18-15(19)14-7-6-13(10-17)21-14/h2-5,13-14H,1,6-10,17H2,(H,18,19)/t13-,14+/m1/s1. The lowest BCUT2D eigenvalue weighted by Crippen LogP contribution is -2.36. The van der Waals surface area contributed by atoms with E-state index in [2.05, 4.69) is 5.32 Å². The van der Waals surface area contributed by atoms with Crippen molar-refractivity contribution in [2.24, 2.45) is 5.73 Å². The lowest BCUT2D eigenvalue weighted by atomic mass is 10.2. The molecule has 1 aliphatic rings. The molecule has 21 heavy (non-hydrogen) atoms. The summed E-state index contributed by atoms with van der Waals surface area (Å²) in [6, 6.07) is 5.85. The summed E-state index contributed by atoms with van der Waals surface area (Å²) in [5.41, 5.74) is 5.50. The Kier molecular flexibility index (Phi) is 5.95. The van der Waals surface area contributed by atoms with Crippen molar-refractivity contribution in [2.45, 2.75) is 31.5 Å². The van der Waals surface area contributed by atoms with Crippen molar-refractivity contribution >= 4 is 5.91 Å². The van der Waals surface area contributed by atoms with Gasteiger partial charge in [0, 0.05) is 13.1 Å². The van der Waals surface area contributed by atoms with E-state index in [1.165, 1.54) is 12.1 Å². The minimum absolute atomic E-state index is 0.00237. The topological polar surface area (TPSA) is 73.6 Å². The second kappa shape index (κ2) is 7.95. The Balaban J connectivity index is 1.57. The first-order valence-electron chi connectivity index (χ1n) is 7.20. The summed E-state index contributed by atoms with van der Waals surface area (Å²) in [4.78, 5) is 11.8. The molecule has 1 aromatic carbocycles. The molecule has 0 spiro atoms. The van der Waals surface area contributed by atoms with E-state index in [0.717, 1.165) is 12.8 Å². The number of rotatable bonds is 7. The van der Waals surface area contributed by atoms with Crippen LogP contribution < -0.4 is 15.8 Å². The highest BCUT2D eigenvalue weighted by molar-refractivity contribution is 5.80. The molecule has 1 aliphatic heterocycles. The van der Waals surface area contributed by atoms with Crippen LogP contribution in [0.2, 0.25) is 0 Å². The summed E-state index contributed by atoms with van der Waals surface area (Å²) in [6.45, 7) is 1.44. The zero-order valence-electron chi connectivity index (χ0n) is 11.9. The SMILES string of the molecule is NC[C@H]1CC[C@@H](C(=O)NCCCOc2ccc(F)cc2)O1. The molecule has 3 N–H and O–H groups in total. The number of halogens is 1. The third-order valence-corrected chi connectivity index (χ3v) is 3.37. The van der Waals surface area contributed by atoms with Crippen molar-refractivity contribution in [2.75, 3.05) is 19.7 Å². The molecule has 1 aromatic rings. The quantitative estimate of drug-likeness (QED) is 0.742. The van der Waals surface area contributed by atoms with E-state index in [1.54, 1.807) is 12.1 Å². The van der Waals surface area contributed by atoms with E-state index in [0.29, 0.717) is 31.9 Å². The maximum Gasteiger partial charge on any atom is 0.249 e. The highest BCUT2D eigenvalue weighted by atomic mass is 19.1. The molecule has 1 amide bonds. The monoisotopic (exact) mass is 296 g/mol. The molecule has 2 rings (SSSR count). The molecule has 0 aliphatic carbocycles. The highest BCUT2D eigenvalue weighted by Gasteiger charge is 2.29. The first-order chi connectivity index (χ1) is 10.2.